The Morgan fingerprint density at radius 2 is 1.68 bits per heavy atom. The number of hydrogen-bond acceptors (Lipinski definition) is 3. The van der Waals surface area contributed by atoms with Crippen LogP contribution in [0.3, 0.4) is 0 Å². The molecular weight excluding hydrogens is 263 g/mol. The molecule has 0 aromatic carbocycles. The average Bonchev–Trinajstić information content (AvgIpc) is 2.25. The van der Waals surface area contributed by atoms with Crippen molar-refractivity contribution in [3.63, 3.8) is 0 Å². The zero-order valence-corrected chi connectivity index (χ0v) is 11.5. The number of nitrogens with two attached hydrogens (primary N) is 1. The highest BCUT2D eigenvalue weighted by molar-refractivity contribution is 5.90. The Morgan fingerprint density at radius 3 is 2.00 bits per heavy atom. The number of amides is 2. The first kappa shape index (κ1) is 17.7. The standard InChI is InChI=1S/C11H20F3N3O2/c1-5-6-17(7-8(18)16(3)4)9(19)10(2,15)11(12,13)14/h5-7,15H2,1-4H3. The molecule has 2 amide bonds. The Morgan fingerprint density at radius 1 is 1.21 bits per heavy atom. The third kappa shape index (κ3) is 4.38. The summed E-state index contributed by atoms with van der Waals surface area (Å²) in [6.07, 6.45) is -4.43. The van der Waals surface area contributed by atoms with Crippen LogP contribution in [0.25, 0.3) is 0 Å². The minimum absolute atomic E-state index is 0.0429. The third-order valence-corrected chi connectivity index (χ3v) is 2.64. The van der Waals surface area contributed by atoms with Crippen molar-refractivity contribution in [2.75, 3.05) is 27.2 Å². The maximum absolute atomic E-state index is 12.7. The Balaban J connectivity index is 5.09. The van der Waals surface area contributed by atoms with E-state index in [0.29, 0.717) is 13.3 Å². The van der Waals surface area contributed by atoms with E-state index in [2.05, 4.69) is 0 Å². The maximum atomic E-state index is 12.7. The highest BCUT2D eigenvalue weighted by atomic mass is 19.4. The molecule has 0 radical (unpaired) electrons. The normalized spacial score (nSPS) is 14.7. The number of carbonyl (C=O) groups is 2. The monoisotopic (exact) mass is 283 g/mol. The summed E-state index contributed by atoms with van der Waals surface area (Å²) in [5, 5.41) is 0. The van der Waals surface area contributed by atoms with E-state index in [1.165, 1.54) is 19.0 Å². The van der Waals surface area contributed by atoms with Crippen molar-refractivity contribution in [2.24, 2.45) is 5.73 Å². The summed E-state index contributed by atoms with van der Waals surface area (Å²) in [7, 11) is 2.92. The number of likely N-dealkylation sites (N-methyl/N-ethyl adjacent to an activating group) is 1. The SMILES string of the molecule is CCCN(CC(=O)N(C)C)C(=O)C(C)(N)C(F)(F)F. The van der Waals surface area contributed by atoms with Crippen molar-refractivity contribution in [1.82, 2.24) is 9.80 Å². The molecule has 0 rings (SSSR count). The molecule has 0 fully saturated rings. The Hall–Kier alpha value is -1.31. The number of rotatable bonds is 5. The zero-order chi connectivity index (χ0) is 15.4. The predicted molar refractivity (Wildman–Crippen MR) is 64.2 cm³/mol. The first-order chi connectivity index (χ1) is 8.45. The Bertz CT molecular complexity index is 341. The van der Waals surface area contributed by atoms with Gasteiger partial charge >= 0.3 is 6.18 Å². The van der Waals surface area contributed by atoms with Gasteiger partial charge in [0.1, 0.15) is 0 Å². The molecule has 1 atom stereocenters. The van der Waals surface area contributed by atoms with Gasteiger partial charge in [0.05, 0.1) is 6.54 Å². The molecule has 8 heteroatoms. The van der Waals surface area contributed by atoms with Crippen LogP contribution in [0.15, 0.2) is 0 Å². The number of nitrogens with zero attached hydrogens (tertiary/aromatic N) is 2. The molecule has 0 aromatic rings. The zero-order valence-electron chi connectivity index (χ0n) is 11.5. The second kappa shape index (κ2) is 6.23. The van der Waals surface area contributed by atoms with Gasteiger partial charge in [-0.25, -0.2) is 0 Å². The van der Waals surface area contributed by atoms with Gasteiger partial charge in [0.25, 0.3) is 5.91 Å². The van der Waals surface area contributed by atoms with Crippen LogP contribution in [-0.4, -0.2) is 60.5 Å². The smallest absolute Gasteiger partial charge is 0.347 e. The molecule has 5 nitrogen and oxygen atoms in total. The van der Waals surface area contributed by atoms with Crippen LogP contribution in [0, 0.1) is 0 Å². The summed E-state index contributed by atoms with van der Waals surface area (Å²) < 4.78 is 38.1. The van der Waals surface area contributed by atoms with Gasteiger partial charge in [-0.05, 0) is 13.3 Å². The summed E-state index contributed by atoms with van der Waals surface area (Å²) in [6, 6.07) is 0. The van der Waals surface area contributed by atoms with Crippen LogP contribution in [0.1, 0.15) is 20.3 Å². The number of halogens is 3. The van der Waals surface area contributed by atoms with Crippen LogP contribution in [0.5, 0.6) is 0 Å². The maximum Gasteiger partial charge on any atom is 0.415 e. The molecule has 0 spiro atoms. The van der Waals surface area contributed by atoms with Crippen LogP contribution in [0.2, 0.25) is 0 Å². The molecule has 0 saturated heterocycles. The fourth-order valence-electron chi connectivity index (χ4n) is 1.28. The van der Waals surface area contributed by atoms with Crippen molar-refractivity contribution in [3.05, 3.63) is 0 Å². The van der Waals surface area contributed by atoms with Crippen molar-refractivity contribution in [2.45, 2.75) is 32.0 Å². The lowest BCUT2D eigenvalue weighted by Gasteiger charge is -2.33. The molecule has 0 saturated carbocycles. The Labute approximate surface area is 110 Å². The lowest BCUT2D eigenvalue weighted by Crippen LogP contribution is -2.63. The van der Waals surface area contributed by atoms with E-state index in [4.69, 9.17) is 5.73 Å². The van der Waals surface area contributed by atoms with E-state index in [1.807, 2.05) is 0 Å². The topological polar surface area (TPSA) is 66.6 Å². The molecule has 112 valence electrons. The van der Waals surface area contributed by atoms with Gasteiger partial charge in [-0.2, -0.15) is 13.2 Å². The molecule has 0 aliphatic heterocycles. The van der Waals surface area contributed by atoms with Gasteiger partial charge in [0.15, 0.2) is 5.54 Å². The van der Waals surface area contributed by atoms with Crippen molar-refractivity contribution in [3.8, 4) is 0 Å². The first-order valence-electron chi connectivity index (χ1n) is 5.80. The molecule has 0 aliphatic carbocycles. The van der Waals surface area contributed by atoms with E-state index in [0.717, 1.165) is 4.90 Å². The lowest BCUT2D eigenvalue weighted by atomic mass is 10.0. The summed E-state index contributed by atoms with van der Waals surface area (Å²) >= 11 is 0. The van der Waals surface area contributed by atoms with Crippen molar-refractivity contribution in [1.29, 1.82) is 0 Å². The second-order valence-electron chi connectivity index (χ2n) is 4.71. The number of carbonyl (C=O) groups excluding carboxylic acids is 2. The lowest BCUT2D eigenvalue weighted by molar-refractivity contribution is -0.194. The van der Waals surface area contributed by atoms with E-state index < -0.39 is 30.1 Å². The van der Waals surface area contributed by atoms with Gasteiger partial charge in [0, 0.05) is 20.6 Å². The minimum atomic E-state index is -4.86. The number of hydrogen-bond donors (Lipinski definition) is 1. The molecule has 0 bridgehead atoms. The van der Waals surface area contributed by atoms with Crippen molar-refractivity contribution < 1.29 is 22.8 Å². The molecule has 0 aromatic heterocycles. The molecule has 19 heavy (non-hydrogen) atoms. The number of alkyl halides is 3. The van der Waals surface area contributed by atoms with Gasteiger partial charge in [0.2, 0.25) is 5.91 Å². The quantitative estimate of drug-likeness (QED) is 0.803. The fraction of sp³-hybridized carbons (Fsp3) is 0.818. The van der Waals surface area contributed by atoms with Crippen LogP contribution >= 0.6 is 0 Å². The fourth-order valence-corrected chi connectivity index (χ4v) is 1.28. The van der Waals surface area contributed by atoms with Crippen LogP contribution in [0.4, 0.5) is 13.2 Å². The third-order valence-electron chi connectivity index (χ3n) is 2.64. The van der Waals surface area contributed by atoms with Gasteiger partial charge in [-0.1, -0.05) is 6.92 Å². The molecule has 0 heterocycles. The van der Waals surface area contributed by atoms with Crippen molar-refractivity contribution >= 4 is 11.8 Å². The largest absolute Gasteiger partial charge is 0.415 e. The molecule has 0 aliphatic rings. The minimum Gasteiger partial charge on any atom is -0.347 e. The van der Waals surface area contributed by atoms with Gasteiger partial charge < -0.3 is 15.5 Å². The van der Waals surface area contributed by atoms with E-state index in [1.54, 1.807) is 6.92 Å². The van der Waals surface area contributed by atoms with Crippen LogP contribution in [-0.2, 0) is 9.59 Å². The second-order valence-corrected chi connectivity index (χ2v) is 4.71. The van der Waals surface area contributed by atoms with E-state index in [9.17, 15) is 22.8 Å². The summed E-state index contributed by atoms with van der Waals surface area (Å²) in [4.78, 5) is 25.4. The van der Waals surface area contributed by atoms with Crippen LogP contribution < -0.4 is 5.73 Å². The molecule has 2 N–H and O–H groups in total. The summed E-state index contributed by atoms with van der Waals surface area (Å²) in [5.74, 6) is -1.75. The highest BCUT2D eigenvalue weighted by Gasteiger charge is 2.55. The molecular formula is C11H20F3N3O2. The highest BCUT2D eigenvalue weighted by Crippen LogP contribution is 2.29. The Kier molecular flexibility index (Phi) is 5.80. The molecule has 1 unspecified atom stereocenters. The van der Waals surface area contributed by atoms with Gasteiger partial charge in [-0.3, -0.25) is 9.59 Å². The van der Waals surface area contributed by atoms with E-state index in [-0.39, 0.29) is 6.54 Å². The first-order valence-corrected chi connectivity index (χ1v) is 5.80. The van der Waals surface area contributed by atoms with Gasteiger partial charge in [-0.15, -0.1) is 0 Å². The summed E-state index contributed by atoms with van der Waals surface area (Å²) in [5.41, 5.74) is 2.09. The average molecular weight is 283 g/mol. The summed E-state index contributed by atoms with van der Waals surface area (Å²) in [6.45, 7) is 1.93. The predicted octanol–water partition coefficient (Wildman–Crippen LogP) is 0.593. The van der Waals surface area contributed by atoms with E-state index >= 15 is 0 Å².